The van der Waals surface area contributed by atoms with E-state index in [4.69, 9.17) is 9.84 Å². The molecule has 1 heterocycles. The lowest BCUT2D eigenvalue weighted by atomic mass is 10.0. The molecule has 1 amide bonds. The van der Waals surface area contributed by atoms with Crippen molar-refractivity contribution < 1.29 is 23.8 Å². The van der Waals surface area contributed by atoms with E-state index in [1.165, 1.54) is 23.1 Å². The van der Waals surface area contributed by atoms with Gasteiger partial charge < -0.3 is 14.7 Å². The van der Waals surface area contributed by atoms with Crippen LogP contribution in [0.5, 0.6) is 5.75 Å². The van der Waals surface area contributed by atoms with Gasteiger partial charge in [-0.25, -0.2) is 4.39 Å². The van der Waals surface area contributed by atoms with Crippen molar-refractivity contribution in [2.75, 3.05) is 13.2 Å². The molecule has 21 heavy (non-hydrogen) atoms. The number of benzene rings is 1. The topological polar surface area (TPSA) is 66.8 Å². The lowest BCUT2D eigenvalue weighted by Crippen LogP contribution is -2.37. The molecular formula is C15H18FNO4. The van der Waals surface area contributed by atoms with Gasteiger partial charge in [-0.2, -0.15) is 0 Å². The Morgan fingerprint density at radius 1 is 1.48 bits per heavy atom. The Kier molecular flexibility index (Phi) is 4.45. The molecular weight excluding hydrogens is 277 g/mol. The summed E-state index contributed by atoms with van der Waals surface area (Å²) in [4.78, 5) is 25.1. The predicted octanol–water partition coefficient (Wildman–Crippen LogP) is 2.16. The highest BCUT2D eigenvalue weighted by Crippen LogP contribution is 2.30. The van der Waals surface area contributed by atoms with Gasteiger partial charge in [0.1, 0.15) is 0 Å². The van der Waals surface area contributed by atoms with Crippen LogP contribution in [0.25, 0.3) is 0 Å². The molecule has 1 aliphatic heterocycles. The van der Waals surface area contributed by atoms with E-state index in [2.05, 4.69) is 0 Å². The molecule has 0 aliphatic carbocycles. The molecule has 0 spiro atoms. The second-order valence-electron chi connectivity index (χ2n) is 5.02. The molecule has 2 unspecified atom stereocenters. The highest BCUT2D eigenvalue weighted by molar-refractivity contribution is 5.97. The maximum Gasteiger partial charge on any atom is 0.308 e. The third kappa shape index (κ3) is 2.84. The fourth-order valence-electron chi connectivity index (χ4n) is 2.68. The highest BCUT2D eigenvalue weighted by Gasteiger charge is 2.39. The molecule has 5 nitrogen and oxygen atoms in total. The Balaban J connectivity index is 2.29. The minimum Gasteiger partial charge on any atom is -0.490 e. The first-order valence-electron chi connectivity index (χ1n) is 6.92. The number of hydrogen-bond acceptors (Lipinski definition) is 3. The number of ether oxygens (including phenoxy) is 1. The fourth-order valence-corrected chi connectivity index (χ4v) is 2.68. The fraction of sp³-hybridized carbons (Fsp3) is 0.467. The van der Waals surface area contributed by atoms with E-state index >= 15 is 0 Å². The van der Waals surface area contributed by atoms with Gasteiger partial charge in [-0.15, -0.1) is 0 Å². The van der Waals surface area contributed by atoms with Crippen molar-refractivity contribution >= 4 is 11.9 Å². The van der Waals surface area contributed by atoms with Gasteiger partial charge in [0, 0.05) is 12.6 Å². The number of carbonyl (C=O) groups is 2. The van der Waals surface area contributed by atoms with E-state index in [-0.39, 0.29) is 17.9 Å². The number of para-hydroxylation sites is 1. The van der Waals surface area contributed by atoms with E-state index in [1.807, 2.05) is 0 Å². The Labute approximate surface area is 122 Å². The first-order chi connectivity index (χ1) is 9.97. The molecule has 2 rings (SSSR count). The van der Waals surface area contributed by atoms with Gasteiger partial charge in [0.05, 0.1) is 18.1 Å². The van der Waals surface area contributed by atoms with Crippen molar-refractivity contribution in [1.29, 1.82) is 0 Å². The summed E-state index contributed by atoms with van der Waals surface area (Å²) in [6.45, 7) is 4.00. The van der Waals surface area contributed by atoms with Crippen LogP contribution < -0.4 is 4.74 Å². The summed E-state index contributed by atoms with van der Waals surface area (Å²) < 4.78 is 19.0. The number of nitrogens with zero attached hydrogens (tertiary/aromatic N) is 1. The number of amides is 1. The van der Waals surface area contributed by atoms with E-state index in [0.717, 1.165) is 0 Å². The van der Waals surface area contributed by atoms with Crippen molar-refractivity contribution in [3.8, 4) is 5.75 Å². The van der Waals surface area contributed by atoms with Crippen LogP contribution in [-0.4, -0.2) is 41.1 Å². The summed E-state index contributed by atoms with van der Waals surface area (Å²) in [5.74, 6) is -2.56. The van der Waals surface area contributed by atoms with Crippen molar-refractivity contribution in [2.45, 2.75) is 26.3 Å². The summed E-state index contributed by atoms with van der Waals surface area (Å²) in [6.07, 6.45) is 0.404. The van der Waals surface area contributed by atoms with E-state index < -0.39 is 29.7 Å². The SMILES string of the molecule is CCOc1c(F)cccc1C(=O)N1CCC(C(=O)O)C1C. The van der Waals surface area contributed by atoms with E-state index in [0.29, 0.717) is 13.0 Å². The quantitative estimate of drug-likeness (QED) is 0.924. The monoisotopic (exact) mass is 295 g/mol. The number of halogens is 1. The Morgan fingerprint density at radius 2 is 2.19 bits per heavy atom. The minimum atomic E-state index is -0.915. The number of carbonyl (C=O) groups excluding carboxylic acids is 1. The number of carboxylic acids is 1. The van der Waals surface area contributed by atoms with Crippen molar-refractivity contribution in [3.05, 3.63) is 29.6 Å². The van der Waals surface area contributed by atoms with Crippen LogP contribution in [0.15, 0.2) is 18.2 Å². The molecule has 1 aromatic carbocycles. The summed E-state index contributed by atoms with van der Waals surface area (Å²) in [5, 5.41) is 9.11. The smallest absolute Gasteiger partial charge is 0.308 e. The maximum atomic E-state index is 13.8. The molecule has 0 saturated carbocycles. The molecule has 114 valence electrons. The molecule has 0 radical (unpaired) electrons. The van der Waals surface area contributed by atoms with Gasteiger partial charge in [-0.05, 0) is 32.4 Å². The van der Waals surface area contributed by atoms with Crippen molar-refractivity contribution in [3.63, 3.8) is 0 Å². The van der Waals surface area contributed by atoms with Gasteiger partial charge in [-0.3, -0.25) is 9.59 Å². The Bertz CT molecular complexity index is 561. The molecule has 1 saturated heterocycles. The minimum absolute atomic E-state index is 0.0732. The zero-order chi connectivity index (χ0) is 15.6. The Morgan fingerprint density at radius 3 is 2.76 bits per heavy atom. The summed E-state index contributed by atoms with van der Waals surface area (Å²) in [5.41, 5.74) is 0.134. The van der Waals surface area contributed by atoms with Crippen LogP contribution in [0, 0.1) is 11.7 Å². The number of aliphatic carboxylic acids is 1. The van der Waals surface area contributed by atoms with Gasteiger partial charge in [0.25, 0.3) is 5.91 Å². The lowest BCUT2D eigenvalue weighted by Gasteiger charge is -2.24. The predicted molar refractivity (Wildman–Crippen MR) is 73.8 cm³/mol. The van der Waals surface area contributed by atoms with E-state index in [9.17, 15) is 14.0 Å². The first kappa shape index (κ1) is 15.3. The molecule has 1 N–H and O–H groups in total. The Hall–Kier alpha value is -2.11. The zero-order valence-corrected chi connectivity index (χ0v) is 12.0. The number of carboxylic acid groups (broad SMARTS) is 1. The summed E-state index contributed by atoms with van der Waals surface area (Å²) in [6, 6.07) is 3.75. The standard InChI is InChI=1S/C15H18FNO4/c1-3-21-13-11(5-4-6-12(13)16)14(18)17-8-7-10(9(17)2)15(19)20/h4-6,9-10H,3,7-8H2,1-2H3,(H,19,20). The van der Waals surface area contributed by atoms with Crippen molar-refractivity contribution in [1.82, 2.24) is 4.90 Å². The second kappa shape index (κ2) is 6.11. The number of rotatable bonds is 4. The van der Waals surface area contributed by atoms with Crippen LogP contribution in [0.2, 0.25) is 0 Å². The van der Waals surface area contributed by atoms with Gasteiger partial charge in [-0.1, -0.05) is 6.07 Å². The molecule has 1 aliphatic rings. The van der Waals surface area contributed by atoms with Gasteiger partial charge in [0.15, 0.2) is 11.6 Å². The van der Waals surface area contributed by atoms with Crippen LogP contribution >= 0.6 is 0 Å². The highest BCUT2D eigenvalue weighted by atomic mass is 19.1. The average Bonchev–Trinajstić information content (AvgIpc) is 2.82. The third-order valence-electron chi connectivity index (χ3n) is 3.82. The maximum absolute atomic E-state index is 13.8. The number of likely N-dealkylation sites (tertiary alicyclic amines) is 1. The van der Waals surface area contributed by atoms with Crippen LogP contribution in [0.1, 0.15) is 30.6 Å². The normalized spacial score (nSPS) is 21.4. The van der Waals surface area contributed by atoms with Crippen LogP contribution in [-0.2, 0) is 4.79 Å². The summed E-state index contributed by atoms with van der Waals surface area (Å²) in [7, 11) is 0. The van der Waals surface area contributed by atoms with Crippen LogP contribution in [0.4, 0.5) is 4.39 Å². The molecule has 0 bridgehead atoms. The van der Waals surface area contributed by atoms with Crippen LogP contribution in [0.3, 0.4) is 0 Å². The lowest BCUT2D eigenvalue weighted by molar-refractivity contribution is -0.142. The van der Waals surface area contributed by atoms with Gasteiger partial charge >= 0.3 is 5.97 Å². The number of hydrogen-bond donors (Lipinski definition) is 1. The zero-order valence-electron chi connectivity index (χ0n) is 12.0. The average molecular weight is 295 g/mol. The molecule has 2 atom stereocenters. The molecule has 1 aromatic rings. The second-order valence-corrected chi connectivity index (χ2v) is 5.02. The third-order valence-corrected chi connectivity index (χ3v) is 3.82. The van der Waals surface area contributed by atoms with E-state index in [1.54, 1.807) is 13.8 Å². The first-order valence-corrected chi connectivity index (χ1v) is 6.92. The molecule has 6 heteroatoms. The molecule has 0 aromatic heterocycles. The van der Waals surface area contributed by atoms with Gasteiger partial charge in [0.2, 0.25) is 0 Å². The summed E-state index contributed by atoms with van der Waals surface area (Å²) >= 11 is 0. The molecule has 1 fully saturated rings. The largest absolute Gasteiger partial charge is 0.490 e. The van der Waals surface area contributed by atoms with Crippen molar-refractivity contribution in [2.24, 2.45) is 5.92 Å².